The Bertz CT molecular complexity index is 408. The number of rotatable bonds is 7. The topological polar surface area (TPSA) is 77.3 Å². The molecule has 0 aliphatic rings. The van der Waals surface area contributed by atoms with E-state index in [0.29, 0.717) is 37.1 Å². The van der Waals surface area contributed by atoms with Crippen molar-refractivity contribution in [3.8, 4) is 0 Å². The van der Waals surface area contributed by atoms with Crippen molar-refractivity contribution in [1.82, 2.24) is 4.98 Å². The minimum atomic E-state index is -0.417. The fourth-order valence-electron chi connectivity index (χ4n) is 1.47. The highest BCUT2D eigenvalue weighted by Gasteiger charge is 2.17. The second-order valence-electron chi connectivity index (χ2n) is 4.48. The van der Waals surface area contributed by atoms with Crippen molar-refractivity contribution in [2.24, 2.45) is 5.92 Å². The highest BCUT2D eigenvalue weighted by atomic mass is 16.6. The van der Waals surface area contributed by atoms with Crippen molar-refractivity contribution in [3.05, 3.63) is 27.9 Å². The first kappa shape index (κ1) is 14.4. The van der Waals surface area contributed by atoms with E-state index in [0.717, 1.165) is 0 Å². The number of hydrogen-bond donors (Lipinski definition) is 1. The van der Waals surface area contributed by atoms with Gasteiger partial charge in [-0.25, -0.2) is 4.98 Å². The molecule has 0 aliphatic heterocycles. The molecule has 0 fully saturated rings. The van der Waals surface area contributed by atoms with Gasteiger partial charge in [0.05, 0.1) is 11.5 Å². The van der Waals surface area contributed by atoms with Crippen LogP contribution in [0.1, 0.15) is 19.4 Å². The van der Waals surface area contributed by atoms with E-state index in [1.807, 2.05) is 0 Å². The van der Waals surface area contributed by atoms with Crippen LogP contribution in [0.25, 0.3) is 0 Å². The number of nitrogens with one attached hydrogen (secondary N) is 1. The Morgan fingerprint density at radius 2 is 2.28 bits per heavy atom. The Morgan fingerprint density at radius 3 is 2.89 bits per heavy atom. The van der Waals surface area contributed by atoms with Gasteiger partial charge in [-0.3, -0.25) is 10.1 Å². The maximum absolute atomic E-state index is 10.9. The molecule has 0 unspecified atom stereocenters. The van der Waals surface area contributed by atoms with E-state index in [9.17, 15) is 10.1 Å². The van der Waals surface area contributed by atoms with Gasteiger partial charge < -0.3 is 10.1 Å². The van der Waals surface area contributed by atoms with Gasteiger partial charge in [-0.05, 0) is 18.9 Å². The van der Waals surface area contributed by atoms with Gasteiger partial charge >= 0.3 is 5.69 Å². The summed E-state index contributed by atoms with van der Waals surface area (Å²) in [6.07, 6.45) is 1.56. The van der Waals surface area contributed by atoms with Gasteiger partial charge in [-0.2, -0.15) is 0 Å². The van der Waals surface area contributed by atoms with Crippen LogP contribution in [0.15, 0.2) is 12.3 Å². The summed E-state index contributed by atoms with van der Waals surface area (Å²) in [5.41, 5.74) is 0.627. The highest BCUT2D eigenvalue weighted by molar-refractivity contribution is 5.59. The van der Waals surface area contributed by atoms with Gasteiger partial charge in [0.25, 0.3) is 0 Å². The fourth-order valence-corrected chi connectivity index (χ4v) is 1.47. The van der Waals surface area contributed by atoms with Crippen molar-refractivity contribution in [2.75, 3.05) is 25.1 Å². The molecule has 0 atom stereocenters. The Balaban J connectivity index is 2.52. The molecule has 0 saturated heterocycles. The van der Waals surface area contributed by atoms with Crippen LogP contribution in [0.4, 0.5) is 11.5 Å². The summed E-state index contributed by atoms with van der Waals surface area (Å²) in [6, 6.07) is 1.62. The largest absolute Gasteiger partial charge is 0.379 e. The van der Waals surface area contributed by atoms with Gasteiger partial charge in [0.1, 0.15) is 0 Å². The molecule has 0 spiro atoms. The van der Waals surface area contributed by atoms with Gasteiger partial charge in [0.2, 0.25) is 5.82 Å². The molecular formula is C12H19N3O3. The smallest absolute Gasteiger partial charge is 0.314 e. The number of anilines is 1. The lowest BCUT2D eigenvalue weighted by molar-refractivity contribution is -0.384. The van der Waals surface area contributed by atoms with Crippen LogP contribution in [-0.2, 0) is 4.74 Å². The zero-order chi connectivity index (χ0) is 13.5. The molecule has 6 heteroatoms. The Labute approximate surface area is 107 Å². The van der Waals surface area contributed by atoms with Crippen LogP contribution in [0, 0.1) is 23.0 Å². The maximum Gasteiger partial charge on any atom is 0.314 e. The molecule has 0 saturated carbocycles. The summed E-state index contributed by atoms with van der Waals surface area (Å²) < 4.78 is 5.39. The SMILES string of the molecule is Cc1ccnc(NCCOCC(C)C)c1[N+](=O)[O-]. The average molecular weight is 253 g/mol. The summed E-state index contributed by atoms with van der Waals surface area (Å²) in [5.74, 6) is 0.782. The number of nitrogens with zero attached hydrogens (tertiary/aromatic N) is 2. The Kier molecular flexibility index (Phi) is 5.51. The zero-order valence-corrected chi connectivity index (χ0v) is 11.0. The summed E-state index contributed by atoms with van der Waals surface area (Å²) in [4.78, 5) is 14.5. The van der Waals surface area contributed by atoms with Crippen molar-refractivity contribution in [3.63, 3.8) is 0 Å². The van der Waals surface area contributed by atoms with E-state index in [1.54, 1.807) is 19.2 Å². The lowest BCUT2D eigenvalue weighted by Crippen LogP contribution is -2.14. The average Bonchev–Trinajstić information content (AvgIpc) is 2.27. The molecule has 6 nitrogen and oxygen atoms in total. The third-order valence-electron chi connectivity index (χ3n) is 2.30. The number of hydrogen-bond acceptors (Lipinski definition) is 5. The Hall–Kier alpha value is -1.69. The van der Waals surface area contributed by atoms with Gasteiger partial charge in [0, 0.05) is 24.9 Å². The third kappa shape index (κ3) is 4.29. The molecule has 0 bridgehead atoms. The van der Waals surface area contributed by atoms with Crippen molar-refractivity contribution < 1.29 is 9.66 Å². The van der Waals surface area contributed by atoms with Crippen LogP contribution >= 0.6 is 0 Å². The van der Waals surface area contributed by atoms with E-state index in [1.165, 1.54) is 0 Å². The molecule has 18 heavy (non-hydrogen) atoms. The van der Waals surface area contributed by atoms with E-state index in [4.69, 9.17) is 4.74 Å². The van der Waals surface area contributed by atoms with Crippen LogP contribution in [0.5, 0.6) is 0 Å². The summed E-state index contributed by atoms with van der Waals surface area (Å²) >= 11 is 0. The van der Waals surface area contributed by atoms with Crippen LogP contribution in [0.2, 0.25) is 0 Å². The minimum absolute atomic E-state index is 0.0290. The van der Waals surface area contributed by atoms with Gasteiger partial charge in [0.15, 0.2) is 0 Å². The molecule has 0 amide bonds. The Morgan fingerprint density at radius 1 is 1.56 bits per heavy atom. The van der Waals surface area contributed by atoms with Gasteiger partial charge in [-0.1, -0.05) is 13.8 Å². The number of pyridine rings is 1. The molecule has 0 aromatic carbocycles. The molecule has 0 aliphatic carbocycles. The summed E-state index contributed by atoms with van der Waals surface area (Å²) in [7, 11) is 0. The predicted octanol–water partition coefficient (Wildman–Crippen LogP) is 2.38. The molecule has 1 N–H and O–H groups in total. The zero-order valence-electron chi connectivity index (χ0n) is 11.0. The minimum Gasteiger partial charge on any atom is -0.379 e. The number of nitro groups is 1. The summed E-state index contributed by atoms with van der Waals surface area (Å²) in [6.45, 7) is 7.53. The highest BCUT2D eigenvalue weighted by Crippen LogP contribution is 2.24. The van der Waals surface area contributed by atoms with E-state index < -0.39 is 4.92 Å². The van der Waals surface area contributed by atoms with Crippen molar-refractivity contribution in [1.29, 1.82) is 0 Å². The van der Waals surface area contributed by atoms with E-state index in [2.05, 4.69) is 24.1 Å². The lowest BCUT2D eigenvalue weighted by atomic mass is 10.2. The fraction of sp³-hybridized carbons (Fsp3) is 0.583. The number of ether oxygens (including phenoxy) is 1. The molecule has 1 aromatic heterocycles. The van der Waals surface area contributed by atoms with E-state index >= 15 is 0 Å². The first-order valence-corrected chi connectivity index (χ1v) is 5.94. The number of aromatic nitrogens is 1. The molecule has 100 valence electrons. The molecule has 0 radical (unpaired) electrons. The third-order valence-corrected chi connectivity index (χ3v) is 2.30. The normalized spacial score (nSPS) is 10.7. The van der Waals surface area contributed by atoms with E-state index in [-0.39, 0.29) is 5.69 Å². The van der Waals surface area contributed by atoms with Crippen LogP contribution < -0.4 is 5.32 Å². The predicted molar refractivity (Wildman–Crippen MR) is 69.8 cm³/mol. The van der Waals surface area contributed by atoms with Crippen LogP contribution in [0.3, 0.4) is 0 Å². The van der Waals surface area contributed by atoms with Crippen molar-refractivity contribution in [2.45, 2.75) is 20.8 Å². The van der Waals surface area contributed by atoms with Crippen LogP contribution in [-0.4, -0.2) is 29.7 Å². The second kappa shape index (κ2) is 6.90. The van der Waals surface area contributed by atoms with Crippen molar-refractivity contribution >= 4 is 11.5 Å². The first-order valence-electron chi connectivity index (χ1n) is 5.94. The standard InChI is InChI=1S/C12H19N3O3/c1-9(2)8-18-7-6-14-12-11(15(16)17)10(3)4-5-13-12/h4-5,9H,6-8H2,1-3H3,(H,13,14). The van der Waals surface area contributed by atoms with Gasteiger partial charge in [-0.15, -0.1) is 0 Å². The maximum atomic E-state index is 10.9. The molecule has 1 aromatic rings. The molecular weight excluding hydrogens is 234 g/mol. The second-order valence-corrected chi connectivity index (χ2v) is 4.48. The first-order chi connectivity index (χ1) is 8.52. The monoisotopic (exact) mass is 253 g/mol. The lowest BCUT2D eigenvalue weighted by Gasteiger charge is -2.09. The molecule has 1 heterocycles. The number of aryl methyl sites for hydroxylation is 1. The quantitative estimate of drug-likeness (QED) is 0.458. The molecule has 1 rings (SSSR count). The summed E-state index contributed by atoms with van der Waals surface area (Å²) in [5, 5.41) is 13.8.